The molecule has 0 aromatic rings. The standard InChI is InChI=1S/C11H21NO/c1-9(2)11(3,13)8-12-10-6-4-5-7-10/h4-5,9-10,12-13H,6-8H2,1-3H3. The molecule has 0 aromatic carbocycles. The second-order valence-corrected chi connectivity index (χ2v) is 4.53. The van der Waals surface area contributed by atoms with Gasteiger partial charge in [-0.05, 0) is 25.7 Å². The van der Waals surface area contributed by atoms with Gasteiger partial charge in [-0.2, -0.15) is 0 Å². The molecule has 0 bridgehead atoms. The normalized spacial score (nSPS) is 22.5. The van der Waals surface area contributed by atoms with Gasteiger partial charge in [-0.1, -0.05) is 26.0 Å². The van der Waals surface area contributed by atoms with Gasteiger partial charge >= 0.3 is 0 Å². The number of nitrogens with one attached hydrogen (secondary N) is 1. The second-order valence-electron chi connectivity index (χ2n) is 4.53. The van der Waals surface area contributed by atoms with Crippen molar-refractivity contribution in [2.45, 2.75) is 45.3 Å². The topological polar surface area (TPSA) is 32.3 Å². The van der Waals surface area contributed by atoms with Crippen LogP contribution in [0.1, 0.15) is 33.6 Å². The number of rotatable bonds is 4. The van der Waals surface area contributed by atoms with Crippen molar-refractivity contribution in [3.8, 4) is 0 Å². The maximum absolute atomic E-state index is 9.97. The predicted octanol–water partition coefficient (Wildman–Crippen LogP) is 1.70. The highest BCUT2D eigenvalue weighted by Crippen LogP contribution is 2.16. The average Bonchev–Trinajstić information content (AvgIpc) is 2.52. The van der Waals surface area contributed by atoms with Gasteiger partial charge in [-0.15, -0.1) is 0 Å². The first-order valence-corrected chi connectivity index (χ1v) is 5.13. The van der Waals surface area contributed by atoms with Crippen LogP contribution in [0.15, 0.2) is 12.2 Å². The molecule has 0 aliphatic heterocycles. The van der Waals surface area contributed by atoms with E-state index in [1.165, 1.54) is 0 Å². The minimum absolute atomic E-state index is 0.300. The first-order valence-electron chi connectivity index (χ1n) is 5.13. The van der Waals surface area contributed by atoms with Crippen LogP contribution in [0.3, 0.4) is 0 Å². The fourth-order valence-corrected chi connectivity index (χ4v) is 1.34. The molecular formula is C11H21NO. The molecular weight excluding hydrogens is 162 g/mol. The van der Waals surface area contributed by atoms with E-state index in [2.05, 4.69) is 31.3 Å². The lowest BCUT2D eigenvalue weighted by Crippen LogP contribution is -2.45. The third-order valence-electron chi connectivity index (χ3n) is 3.00. The lowest BCUT2D eigenvalue weighted by molar-refractivity contribution is 0.0121. The molecule has 0 heterocycles. The molecule has 0 radical (unpaired) electrons. The summed E-state index contributed by atoms with van der Waals surface area (Å²) in [7, 11) is 0. The zero-order valence-electron chi connectivity index (χ0n) is 8.88. The zero-order chi connectivity index (χ0) is 9.90. The lowest BCUT2D eigenvalue weighted by Gasteiger charge is -2.29. The van der Waals surface area contributed by atoms with E-state index in [1.807, 2.05) is 6.92 Å². The van der Waals surface area contributed by atoms with E-state index in [9.17, 15) is 5.11 Å². The first kappa shape index (κ1) is 10.7. The van der Waals surface area contributed by atoms with Crippen LogP contribution in [0.2, 0.25) is 0 Å². The van der Waals surface area contributed by atoms with Crippen LogP contribution in [0.25, 0.3) is 0 Å². The Labute approximate surface area is 81.0 Å². The molecule has 0 amide bonds. The van der Waals surface area contributed by atoms with Gasteiger partial charge in [0, 0.05) is 12.6 Å². The van der Waals surface area contributed by atoms with E-state index in [-0.39, 0.29) is 0 Å². The fraction of sp³-hybridized carbons (Fsp3) is 0.818. The van der Waals surface area contributed by atoms with E-state index in [0.29, 0.717) is 18.5 Å². The minimum Gasteiger partial charge on any atom is -0.389 e. The van der Waals surface area contributed by atoms with Gasteiger partial charge in [0.15, 0.2) is 0 Å². The molecule has 2 N–H and O–H groups in total. The summed E-state index contributed by atoms with van der Waals surface area (Å²) in [6.07, 6.45) is 6.60. The summed E-state index contributed by atoms with van der Waals surface area (Å²) in [6, 6.07) is 0.547. The van der Waals surface area contributed by atoms with Gasteiger partial charge in [0.1, 0.15) is 0 Å². The van der Waals surface area contributed by atoms with Crippen molar-refractivity contribution in [3.63, 3.8) is 0 Å². The monoisotopic (exact) mass is 183 g/mol. The minimum atomic E-state index is -0.581. The van der Waals surface area contributed by atoms with Crippen molar-refractivity contribution < 1.29 is 5.11 Å². The summed E-state index contributed by atoms with van der Waals surface area (Å²) in [5, 5.41) is 13.4. The van der Waals surface area contributed by atoms with Gasteiger partial charge in [-0.3, -0.25) is 0 Å². The van der Waals surface area contributed by atoms with Crippen LogP contribution in [-0.2, 0) is 0 Å². The fourth-order valence-electron chi connectivity index (χ4n) is 1.34. The van der Waals surface area contributed by atoms with Crippen LogP contribution >= 0.6 is 0 Å². The van der Waals surface area contributed by atoms with Gasteiger partial charge < -0.3 is 10.4 Å². The molecule has 1 aliphatic carbocycles. The van der Waals surface area contributed by atoms with E-state index >= 15 is 0 Å². The van der Waals surface area contributed by atoms with E-state index in [4.69, 9.17) is 0 Å². The molecule has 1 aliphatic rings. The smallest absolute Gasteiger partial charge is 0.0766 e. The first-order chi connectivity index (χ1) is 6.02. The largest absolute Gasteiger partial charge is 0.389 e. The highest BCUT2D eigenvalue weighted by atomic mass is 16.3. The molecule has 0 aromatic heterocycles. The lowest BCUT2D eigenvalue weighted by atomic mass is 9.92. The highest BCUT2D eigenvalue weighted by Gasteiger charge is 2.25. The maximum atomic E-state index is 9.97. The molecule has 2 nitrogen and oxygen atoms in total. The van der Waals surface area contributed by atoms with Crippen molar-refractivity contribution in [2.75, 3.05) is 6.54 Å². The summed E-state index contributed by atoms with van der Waals surface area (Å²) < 4.78 is 0. The third-order valence-corrected chi connectivity index (χ3v) is 3.00. The van der Waals surface area contributed by atoms with Crippen molar-refractivity contribution in [1.82, 2.24) is 5.32 Å². The van der Waals surface area contributed by atoms with E-state index in [0.717, 1.165) is 12.8 Å². The molecule has 0 fully saturated rings. The molecule has 13 heavy (non-hydrogen) atoms. The second kappa shape index (κ2) is 4.25. The molecule has 0 spiro atoms. The van der Waals surface area contributed by atoms with Crippen LogP contribution < -0.4 is 5.32 Å². The zero-order valence-corrected chi connectivity index (χ0v) is 8.88. The Morgan fingerprint density at radius 2 is 2.00 bits per heavy atom. The Morgan fingerprint density at radius 3 is 2.46 bits per heavy atom. The Balaban J connectivity index is 2.24. The number of aliphatic hydroxyl groups is 1. The van der Waals surface area contributed by atoms with Crippen LogP contribution in [-0.4, -0.2) is 23.3 Å². The van der Waals surface area contributed by atoms with Crippen molar-refractivity contribution in [3.05, 3.63) is 12.2 Å². The third kappa shape index (κ3) is 3.12. The Bertz CT molecular complexity index is 177. The molecule has 1 atom stereocenters. The molecule has 76 valence electrons. The van der Waals surface area contributed by atoms with Crippen LogP contribution in [0.5, 0.6) is 0 Å². The summed E-state index contributed by atoms with van der Waals surface area (Å²) in [5.74, 6) is 0.300. The number of hydrogen-bond donors (Lipinski definition) is 2. The molecule has 0 saturated heterocycles. The summed E-state index contributed by atoms with van der Waals surface area (Å²) >= 11 is 0. The molecule has 2 heteroatoms. The Morgan fingerprint density at radius 1 is 1.46 bits per heavy atom. The molecule has 1 unspecified atom stereocenters. The van der Waals surface area contributed by atoms with Gasteiger partial charge in [-0.25, -0.2) is 0 Å². The maximum Gasteiger partial charge on any atom is 0.0766 e. The van der Waals surface area contributed by atoms with Gasteiger partial charge in [0.25, 0.3) is 0 Å². The van der Waals surface area contributed by atoms with Crippen molar-refractivity contribution in [2.24, 2.45) is 5.92 Å². The predicted molar refractivity (Wildman–Crippen MR) is 55.6 cm³/mol. The summed E-state index contributed by atoms with van der Waals surface area (Å²) in [5.41, 5.74) is -0.581. The van der Waals surface area contributed by atoms with E-state index in [1.54, 1.807) is 0 Å². The Hall–Kier alpha value is -0.340. The van der Waals surface area contributed by atoms with E-state index < -0.39 is 5.60 Å². The number of hydrogen-bond acceptors (Lipinski definition) is 2. The molecule has 1 rings (SSSR count). The van der Waals surface area contributed by atoms with Crippen molar-refractivity contribution in [1.29, 1.82) is 0 Å². The van der Waals surface area contributed by atoms with Gasteiger partial charge in [0.05, 0.1) is 5.60 Å². The summed E-state index contributed by atoms with van der Waals surface area (Å²) in [6.45, 7) is 6.69. The quantitative estimate of drug-likeness (QED) is 0.650. The molecule has 0 saturated carbocycles. The highest BCUT2D eigenvalue weighted by molar-refractivity contribution is 4.98. The average molecular weight is 183 g/mol. The Kier molecular flexibility index (Phi) is 3.51. The van der Waals surface area contributed by atoms with Crippen LogP contribution in [0.4, 0.5) is 0 Å². The van der Waals surface area contributed by atoms with Crippen LogP contribution in [0, 0.1) is 5.92 Å². The summed E-state index contributed by atoms with van der Waals surface area (Å²) in [4.78, 5) is 0. The van der Waals surface area contributed by atoms with Gasteiger partial charge in [0.2, 0.25) is 0 Å². The van der Waals surface area contributed by atoms with Crippen molar-refractivity contribution >= 4 is 0 Å². The SMILES string of the molecule is CC(C)C(C)(O)CNC1CC=CC1.